The third kappa shape index (κ3) is 3.80. The summed E-state index contributed by atoms with van der Waals surface area (Å²) in [7, 11) is 0. The second kappa shape index (κ2) is 5.26. The van der Waals surface area contributed by atoms with E-state index < -0.39 is 14.2 Å². The molecule has 1 rings (SSSR count). The van der Waals surface area contributed by atoms with E-state index in [-0.39, 0.29) is 0 Å². The first-order valence-corrected chi connectivity index (χ1v) is 16.0. The fourth-order valence-corrected chi connectivity index (χ4v) is 12.2. The molecule has 1 saturated heterocycles. The molecule has 3 heteroatoms. The first kappa shape index (κ1) is 10.6. The molecule has 0 amide bonds. The number of ether oxygens (including phenoxy) is 1. The number of rotatable bonds is 3. The summed E-state index contributed by atoms with van der Waals surface area (Å²) in [5, 5.41) is 0. The van der Waals surface area contributed by atoms with E-state index in [0.717, 1.165) is 13.2 Å². The Hall–Kier alpha value is 1.48. The Bertz CT molecular complexity index is 113. The van der Waals surface area contributed by atoms with Crippen molar-refractivity contribution < 1.29 is 4.74 Å². The van der Waals surface area contributed by atoms with E-state index in [1.165, 1.54) is 21.8 Å². The molecule has 1 fully saturated rings. The molecule has 0 aromatic carbocycles. The fraction of sp³-hybridized carbons (Fsp3) is 1.00. The second-order valence-corrected chi connectivity index (χ2v) is 24.4. The quantitative estimate of drug-likeness (QED) is 0.537. The predicted octanol–water partition coefficient (Wildman–Crippen LogP) is 3.20. The van der Waals surface area contributed by atoms with Gasteiger partial charge in [0.05, 0.1) is 0 Å². The number of hydrogen-bond acceptors (Lipinski definition) is 1. The molecule has 0 bridgehead atoms. The zero-order valence-corrected chi connectivity index (χ0v) is 11.6. The van der Waals surface area contributed by atoms with E-state index in [2.05, 4.69) is 25.6 Å². The normalized spacial score (nSPS) is 26.4. The summed E-state index contributed by atoms with van der Waals surface area (Å²) >= 11 is 1.50. The summed E-state index contributed by atoms with van der Waals surface area (Å²) in [5.74, 6) is 0. The standard InChI is InChI=1S/C8H17IOTe/c1-2-3-6-11(9)7-4-10-5-8-11/h2-8H2,1H3. The average Bonchev–Trinajstić information content (AvgIpc) is 2.03. The summed E-state index contributed by atoms with van der Waals surface area (Å²) in [6.45, 7) is 4.42. The fourth-order valence-electron chi connectivity index (χ4n) is 1.23. The van der Waals surface area contributed by atoms with Gasteiger partial charge < -0.3 is 0 Å². The van der Waals surface area contributed by atoms with E-state index in [0.29, 0.717) is 0 Å². The van der Waals surface area contributed by atoms with Crippen molar-refractivity contribution in [2.24, 2.45) is 0 Å². The van der Waals surface area contributed by atoms with Crippen LogP contribution in [0.15, 0.2) is 0 Å². The summed E-state index contributed by atoms with van der Waals surface area (Å²) in [6.07, 6.45) is 2.83. The van der Waals surface area contributed by atoms with Gasteiger partial charge in [0.15, 0.2) is 0 Å². The van der Waals surface area contributed by atoms with Gasteiger partial charge >= 0.3 is 84.1 Å². The van der Waals surface area contributed by atoms with Crippen molar-refractivity contribution in [1.29, 1.82) is 0 Å². The Morgan fingerprint density at radius 2 is 2.00 bits per heavy atom. The van der Waals surface area contributed by atoms with Crippen LogP contribution in [0.4, 0.5) is 0 Å². The summed E-state index contributed by atoms with van der Waals surface area (Å²) in [4.78, 5) is 0. The Morgan fingerprint density at radius 3 is 2.55 bits per heavy atom. The second-order valence-electron chi connectivity index (χ2n) is 3.02. The Morgan fingerprint density at radius 1 is 1.36 bits per heavy atom. The van der Waals surface area contributed by atoms with E-state index in [1.807, 2.05) is 0 Å². The summed E-state index contributed by atoms with van der Waals surface area (Å²) in [6, 6.07) is 0. The Balaban J connectivity index is 2.25. The molecule has 68 valence electrons. The number of halogens is 1. The van der Waals surface area contributed by atoms with Crippen LogP contribution >= 0.6 is 18.7 Å². The van der Waals surface area contributed by atoms with Crippen molar-refractivity contribution in [3.05, 3.63) is 0 Å². The Labute approximate surface area is 83.3 Å². The molecule has 0 aliphatic carbocycles. The van der Waals surface area contributed by atoms with Crippen LogP contribution in [0.25, 0.3) is 0 Å². The van der Waals surface area contributed by atoms with Crippen LogP contribution in [0.5, 0.6) is 0 Å². The minimum absolute atomic E-state index is 1.06. The zero-order chi connectivity index (χ0) is 8.16. The molecular formula is C8H17IOTe. The molecule has 1 nitrogen and oxygen atoms in total. The van der Waals surface area contributed by atoms with Gasteiger partial charge in [-0.2, -0.15) is 0 Å². The SMILES string of the molecule is CCCC[Te]1(I)CCOCC1. The number of hydrogen-bond donors (Lipinski definition) is 0. The molecule has 0 aromatic rings. The van der Waals surface area contributed by atoms with Crippen LogP contribution < -0.4 is 0 Å². The van der Waals surface area contributed by atoms with Gasteiger partial charge in [-0.25, -0.2) is 0 Å². The van der Waals surface area contributed by atoms with E-state index in [1.54, 1.807) is 4.47 Å². The van der Waals surface area contributed by atoms with Gasteiger partial charge in [0, 0.05) is 0 Å². The van der Waals surface area contributed by atoms with E-state index >= 15 is 0 Å². The van der Waals surface area contributed by atoms with Gasteiger partial charge in [0.1, 0.15) is 0 Å². The van der Waals surface area contributed by atoms with Crippen LogP contribution in [0, 0.1) is 0 Å². The van der Waals surface area contributed by atoms with Crippen molar-refractivity contribution in [3.8, 4) is 0 Å². The Kier molecular flexibility index (Phi) is 5.05. The van der Waals surface area contributed by atoms with Crippen LogP contribution in [-0.2, 0) is 4.74 Å². The molecular weight excluding hydrogens is 367 g/mol. The maximum absolute atomic E-state index is 5.39. The van der Waals surface area contributed by atoms with Gasteiger partial charge in [-0.15, -0.1) is 0 Å². The van der Waals surface area contributed by atoms with Crippen molar-refractivity contribution in [3.63, 3.8) is 0 Å². The van der Waals surface area contributed by atoms with Gasteiger partial charge in [0.25, 0.3) is 0 Å². The molecule has 0 unspecified atom stereocenters. The molecule has 11 heavy (non-hydrogen) atoms. The van der Waals surface area contributed by atoms with Crippen molar-refractivity contribution in [2.45, 2.75) is 33.2 Å². The molecule has 1 aliphatic rings. The van der Waals surface area contributed by atoms with E-state index in [9.17, 15) is 0 Å². The molecule has 0 N–H and O–H groups in total. The third-order valence-electron chi connectivity index (χ3n) is 2.05. The average molecular weight is 384 g/mol. The van der Waals surface area contributed by atoms with Crippen LogP contribution in [-0.4, -0.2) is 27.4 Å². The number of unbranched alkanes of at least 4 members (excludes halogenated alkanes) is 1. The van der Waals surface area contributed by atoms with Gasteiger partial charge in [0.2, 0.25) is 0 Å². The maximum atomic E-state index is 5.39. The monoisotopic (exact) mass is 386 g/mol. The minimum atomic E-state index is -1.32. The van der Waals surface area contributed by atoms with Crippen molar-refractivity contribution in [1.82, 2.24) is 0 Å². The van der Waals surface area contributed by atoms with Crippen LogP contribution in [0.3, 0.4) is 0 Å². The molecule has 0 spiro atoms. The molecule has 1 heterocycles. The molecule has 0 atom stereocenters. The van der Waals surface area contributed by atoms with E-state index in [4.69, 9.17) is 4.74 Å². The first-order valence-electron chi connectivity index (χ1n) is 4.30. The third-order valence-corrected chi connectivity index (χ3v) is 19.0. The molecule has 0 radical (unpaired) electrons. The van der Waals surface area contributed by atoms with Crippen molar-refractivity contribution in [2.75, 3.05) is 13.2 Å². The molecule has 0 saturated carbocycles. The van der Waals surface area contributed by atoms with Gasteiger partial charge in [-0.1, -0.05) is 0 Å². The summed E-state index contributed by atoms with van der Waals surface area (Å²) < 4.78 is 9.85. The zero-order valence-electron chi connectivity index (χ0n) is 7.14. The predicted molar refractivity (Wildman–Crippen MR) is 59.9 cm³/mol. The topological polar surface area (TPSA) is 9.23 Å². The summed E-state index contributed by atoms with van der Waals surface area (Å²) in [5.41, 5.74) is 0. The van der Waals surface area contributed by atoms with Crippen LogP contribution in [0.2, 0.25) is 13.4 Å². The van der Waals surface area contributed by atoms with Crippen LogP contribution in [0.1, 0.15) is 19.8 Å². The molecule has 1 aliphatic heterocycles. The van der Waals surface area contributed by atoms with Crippen molar-refractivity contribution >= 4 is 32.9 Å². The van der Waals surface area contributed by atoms with Gasteiger partial charge in [-0.05, 0) is 0 Å². The first-order chi connectivity index (χ1) is 5.27. The molecule has 0 aromatic heterocycles. The van der Waals surface area contributed by atoms with Gasteiger partial charge in [-0.3, -0.25) is 0 Å².